The first-order valence-electron chi connectivity index (χ1n) is 5.01. The quantitative estimate of drug-likeness (QED) is 0.763. The van der Waals surface area contributed by atoms with Gasteiger partial charge < -0.3 is 15.8 Å². The van der Waals surface area contributed by atoms with Crippen LogP contribution in [0, 0.1) is 0 Å². The van der Waals surface area contributed by atoms with E-state index in [0.29, 0.717) is 12.6 Å². The standard InChI is InChI=1S/C11H16N2O/c1-13-10-3-2-4-11(9(10)7-12)14-8-5-6-8/h2-4,8,13H,5-7,12H2,1H3. The molecular formula is C11H16N2O. The first-order chi connectivity index (χ1) is 6.85. The van der Waals surface area contributed by atoms with Crippen LogP contribution in [0.4, 0.5) is 5.69 Å². The molecule has 14 heavy (non-hydrogen) atoms. The number of nitrogens with two attached hydrogens (primary N) is 1. The Labute approximate surface area is 84.3 Å². The Morgan fingerprint density at radius 1 is 1.50 bits per heavy atom. The first-order valence-corrected chi connectivity index (χ1v) is 5.01. The van der Waals surface area contributed by atoms with Crippen LogP contribution in [-0.4, -0.2) is 13.2 Å². The molecule has 1 aromatic carbocycles. The number of benzene rings is 1. The van der Waals surface area contributed by atoms with Gasteiger partial charge in [0, 0.05) is 24.8 Å². The van der Waals surface area contributed by atoms with Crippen molar-refractivity contribution in [1.82, 2.24) is 0 Å². The van der Waals surface area contributed by atoms with Crippen LogP contribution < -0.4 is 15.8 Å². The van der Waals surface area contributed by atoms with E-state index in [1.54, 1.807) is 0 Å². The summed E-state index contributed by atoms with van der Waals surface area (Å²) in [5, 5.41) is 3.12. The minimum absolute atomic E-state index is 0.424. The molecule has 3 N–H and O–H groups in total. The highest BCUT2D eigenvalue weighted by atomic mass is 16.5. The summed E-state index contributed by atoms with van der Waals surface area (Å²) in [7, 11) is 1.90. The second-order valence-corrected chi connectivity index (χ2v) is 3.55. The normalized spacial score (nSPS) is 15.3. The highest BCUT2D eigenvalue weighted by Gasteiger charge is 2.24. The number of anilines is 1. The van der Waals surface area contributed by atoms with Gasteiger partial charge >= 0.3 is 0 Å². The van der Waals surface area contributed by atoms with Gasteiger partial charge in [0.25, 0.3) is 0 Å². The van der Waals surface area contributed by atoms with Gasteiger partial charge in [0.2, 0.25) is 0 Å². The number of rotatable bonds is 4. The minimum atomic E-state index is 0.424. The Hall–Kier alpha value is -1.22. The monoisotopic (exact) mass is 192 g/mol. The van der Waals surface area contributed by atoms with Gasteiger partial charge in [-0.15, -0.1) is 0 Å². The van der Waals surface area contributed by atoms with Crippen LogP contribution in [0.2, 0.25) is 0 Å². The molecule has 1 aliphatic carbocycles. The lowest BCUT2D eigenvalue weighted by Gasteiger charge is -2.13. The van der Waals surface area contributed by atoms with Crippen molar-refractivity contribution >= 4 is 5.69 Å². The zero-order chi connectivity index (χ0) is 9.97. The van der Waals surface area contributed by atoms with Crippen LogP contribution in [0.15, 0.2) is 18.2 Å². The van der Waals surface area contributed by atoms with Crippen molar-refractivity contribution in [2.24, 2.45) is 5.73 Å². The number of nitrogens with one attached hydrogen (secondary N) is 1. The van der Waals surface area contributed by atoms with E-state index in [1.807, 2.05) is 25.2 Å². The molecule has 3 nitrogen and oxygen atoms in total. The number of ether oxygens (including phenoxy) is 1. The Bertz CT molecular complexity index is 321. The van der Waals surface area contributed by atoms with Crippen molar-refractivity contribution in [3.63, 3.8) is 0 Å². The van der Waals surface area contributed by atoms with E-state index in [0.717, 1.165) is 17.0 Å². The molecule has 0 unspecified atom stereocenters. The average molecular weight is 192 g/mol. The van der Waals surface area contributed by atoms with Crippen LogP contribution in [0.25, 0.3) is 0 Å². The molecule has 0 bridgehead atoms. The van der Waals surface area contributed by atoms with Crippen molar-refractivity contribution in [1.29, 1.82) is 0 Å². The molecule has 2 rings (SSSR count). The Morgan fingerprint density at radius 2 is 2.29 bits per heavy atom. The molecule has 1 fully saturated rings. The van der Waals surface area contributed by atoms with Crippen molar-refractivity contribution in [3.05, 3.63) is 23.8 Å². The second kappa shape index (κ2) is 3.88. The molecule has 0 atom stereocenters. The SMILES string of the molecule is CNc1cccc(OC2CC2)c1CN. The minimum Gasteiger partial charge on any atom is -0.490 e. The fourth-order valence-electron chi connectivity index (χ4n) is 1.49. The third-order valence-corrected chi connectivity index (χ3v) is 2.42. The van der Waals surface area contributed by atoms with Gasteiger partial charge in [-0.2, -0.15) is 0 Å². The predicted octanol–water partition coefficient (Wildman–Crippen LogP) is 1.73. The topological polar surface area (TPSA) is 47.3 Å². The largest absolute Gasteiger partial charge is 0.490 e. The summed E-state index contributed by atoms with van der Waals surface area (Å²) in [5.74, 6) is 0.932. The maximum absolute atomic E-state index is 5.77. The zero-order valence-electron chi connectivity index (χ0n) is 8.42. The van der Waals surface area contributed by atoms with E-state index >= 15 is 0 Å². The summed E-state index contributed by atoms with van der Waals surface area (Å²) >= 11 is 0. The van der Waals surface area contributed by atoms with E-state index in [-0.39, 0.29) is 0 Å². The molecule has 1 aliphatic rings. The van der Waals surface area contributed by atoms with Gasteiger partial charge in [-0.05, 0) is 25.0 Å². The molecule has 0 aliphatic heterocycles. The van der Waals surface area contributed by atoms with Crippen molar-refractivity contribution in [2.45, 2.75) is 25.5 Å². The molecule has 1 aromatic rings. The van der Waals surface area contributed by atoms with Crippen LogP contribution in [-0.2, 0) is 6.54 Å². The van der Waals surface area contributed by atoms with E-state index < -0.39 is 0 Å². The van der Waals surface area contributed by atoms with Gasteiger partial charge in [-0.1, -0.05) is 6.07 Å². The fraction of sp³-hybridized carbons (Fsp3) is 0.455. The first kappa shape index (κ1) is 9.34. The molecule has 0 amide bonds. The maximum Gasteiger partial charge on any atom is 0.126 e. The van der Waals surface area contributed by atoms with Crippen LogP contribution in [0.1, 0.15) is 18.4 Å². The third kappa shape index (κ3) is 1.82. The van der Waals surface area contributed by atoms with Crippen LogP contribution >= 0.6 is 0 Å². The zero-order valence-corrected chi connectivity index (χ0v) is 8.42. The Morgan fingerprint density at radius 3 is 2.86 bits per heavy atom. The molecule has 3 heteroatoms. The van der Waals surface area contributed by atoms with Gasteiger partial charge in [0.05, 0.1) is 6.10 Å². The van der Waals surface area contributed by atoms with Gasteiger partial charge in [-0.25, -0.2) is 0 Å². The maximum atomic E-state index is 5.77. The molecule has 0 aromatic heterocycles. The smallest absolute Gasteiger partial charge is 0.126 e. The van der Waals surface area contributed by atoms with E-state index in [2.05, 4.69) is 5.32 Å². The Balaban J connectivity index is 2.26. The van der Waals surface area contributed by atoms with Gasteiger partial charge in [-0.3, -0.25) is 0 Å². The summed E-state index contributed by atoms with van der Waals surface area (Å²) in [5.41, 5.74) is 7.84. The van der Waals surface area contributed by atoms with Crippen molar-refractivity contribution in [3.8, 4) is 5.75 Å². The summed E-state index contributed by atoms with van der Waals surface area (Å²) < 4.78 is 5.77. The van der Waals surface area contributed by atoms with Gasteiger partial charge in [0.1, 0.15) is 5.75 Å². The lowest BCUT2D eigenvalue weighted by atomic mass is 10.1. The van der Waals surface area contributed by atoms with Gasteiger partial charge in [0.15, 0.2) is 0 Å². The highest BCUT2D eigenvalue weighted by molar-refractivity contribution is 5.57. The van der Waals surface area contributed by atoms with E-state index in [1.165, 1.54) is 12.8 Å². The van der Waals surface area contributed by atoms with Crippen LogP contribution in [0.5, 0.6) is 5.75 Å². The fourth-order valence-corrected chi connectivity index (χ4v) is 1.49. The molecular weight excluding hydrogens is 176 g/mol. The molecule has 1 saturated carbocycles. The second-order valence-electron chi connectivity index (χ2n) is 3.55. The molecule has 0 saturated heterocycles. The third-order valence-electron chi connectivity index (χ3n) is 2.42. The van der Waals surface area contributed by atoms with Crippen molar-refractivity contribution in [2.75, 3.05) is 12.4 Å². The van der Waals surface area contributed by atoms with Crippen molar-refractivity contribution < 1.29 is 4.74 Å². The molecule has 0 heterocycles. The molecule has 0 radical (unpaired) electrons. The summed E-state index contributed by atoms with van der Waals surface area (Å²) in [6.07, 6.45) is 2.77. The summed E-state index contributed by atoms with van der Waals surface area (Å²) in [4.78, 5) is 0. The summed E-state index contributed by atoms with van der Waals surface area (Å²) in [6, 6.07) is 5.99. The van der Waals surface area contributed by atoms with E-state index in [9.17, 15) is 0 Å². The highest BCUT2D eigenvalue weighted by Crippen LogP contribution is 2.32. The van der Waals surface area contributed by atoms with E-state index in [4.69, 9.17) is 10.5 Å². The number of hydrogen-bond donors (Lipinski definition) is 2. The molecule has 0 spiro atoms. The average Bonchev–Trinajstić information content (AvgIpc) is 3.01. The Kier molecular flexibility index (Phi) is 2.59. The molecule has 76 valence electrons. The number of hydrogen-bond acceptors (Lipinski definition) is 3. The lowest BCUT2D eigenvalue weighted by Crippen LogP contribution is -2.06. The summed E-state index contributed by atoms with van der Waals surface area (Å²) in [6.45, 7) is 0.513. The van der Waals surface area contributed by atoms with Crippen LogP contribution in [0.3, 0.4) is 0 Å². The predicted molar refractivity (Wildman–Crippen MR) is 57.5 cm³/mol. The lowest BCUT2D eigenvalue weighted by molar-refractivity contribution is 0.300.